The zero-order valence-corrected chi connectivity index (χ0v) is 12.2. The van der Waals surface area contributed by atoms with Crippen LogP contribution in [0.15, 0.2) is 16.8 Å². The predicted octanol–water partition coefficient (Wildman–Crippen LogP) is 3.20. The summed E-state index contributed by atoms with van der Waals surface area (Å²) >= 11 is 1.82. The molecule has 0 bridgehead atoms. The zero-order chi connectivity index (χ0) is 12.4. The van der Waals surface area contributed by atoms with Crippen molar-refractivity contribution in [2.45, 2.75) is 51.2 Å². The van der Waals surface area contributed by atoms with Gasteiger partial charge in [-0.2, -0.15) is 11.3 Å². The van der Waals surface area contributed by atoms with Crippen LogP contribution in [-0.4, -0.2) is 41.5 Å². The first-order valence-corrected chi connectivity index (χ1v) is 8.30. The zero-order valence-electron chi connectivity index (χ0n) is 11.3. The highest BCUT2D eigenvalue weighted by Gasteiger charge is 2.33. The molecule has 2 nitrogen and oxygen atoms in total. The van der Waals surface area contributed by atoms with E-state index >= 15 is 0 Å². The molecule has 2 atom stereocenters. The Hall–Kier alpha value is -0.380. The molecule has 3 heterocycles. The highest BCUT2D eigenvalue weighted by molar-refractivity contribution is 7.07. The Morgan fingerprint density at radius 3 is 3.06 bits per heavy atom. The summed E-state index contributed by atoms with van der Waals surface area (Å²) in [5.74, 6) is 0. The summed E-state index contributed by atoms with van der Waals surface area (Å²) in [4.78, 5) is 5.48. The first-order valence-electron chi connectivity index (χ1n) is 7.36. The maximum absolute atomic E-state index is 2.75. The number of hydrogen-bond acceptors (Lipinski definition) is 3. The molecule has 18 heavy (non-hydrogen) atoms. The second-order valence-corrected chi connectivity index (χ2v) is 6.55. The second kappa shape index (κ2) is 5.72. The van der Waals surface area contributed by atoms with Gasteiger partial charge in [-0.25, -0.2) is 0 Å². The van der Waals surface area contributed by atoms with Crippen LogP contribution in [-0.2, 0) is 6.54 Å². The Kier molecular flexibility index (Phi) is 4.02. The van der Waals surface area contributed by atoms with Crippen LogP contribution in [0.3, 0.4) is 0 Å². The second-order valence-electron chi connectivity index (χ2n) is 5.77. The summed E-state index contributed by atoms with van der Waals surface area (Å²) in [7, 11) is 0. The van der Waals surface area contributed by atoms with Gasteiger partial charge in [0.15, 0.2) is 0 Å². The predicted molar refractivity (Wildman–Crippen MR) is 78.0 cm³/mol. The third-order valence-electron chi connectivity index (χ3n) is 4.59. The van der Waals surface area contributed by atoms with Crippen LogP contribution in [0.4, 0.5) is 0 Å². The molecule has 0 amide bonds. The average Bonchev–Trinajstić information content (AvgIpc) is 2.91. The molecule has 1 aromatic rings. The molecule has 0 saturated carbocycles. The summed E-state index contributed by atoms with van der Waals surface area (Å²) in [6.07, 6.45) is 5.55. The van der Waals surface area contributed by atoms with Crippen molar-refractivity contribution >= 4 is 11.3 Å². The van der Waals surface area contributed by atoms with Crippen molar-refractivity contribution in [3.63, 3.8) is 0 Å². The third-order valence-corrected chi connectivity index (χ3v) is 5.33. The number of fused-ring (bicyclic) bond motifs is 1. The van der Waals surface area contributed by atoms with Gasteiger partial charge in [-0.3, -0.25) is 9.80 Å². The average molecular weight is 264 g/mol. The fraction of sp³-hybridized carbons (Fsp3) is 0.733. The highest BCUT2D eigenvalue weighted by atomic mass is 32.1. The van der Waals surface area contributed by atoms with Gasteiger partial charge in [0.1, 0.15) is 0 Å². The SMILES string of the molecule is CCC1CN2CCCCC2CN1Cc1ccsc1. The lowest BCUT2D eigenvalue weighted by Crippen LogP contribution is -2.58. The summed E-state index contributed by atoms with van der Waals surface area (Å²) in [6.45, 7) is 7.43. The van der Waals surface area contributed by atoms with Crippen LogP contribution in [0.25, 0.3) is 0 Å². The Bertz CT molecular complexity index is 363. The van der Waals surface area contributed by atoms with E-state index < -0.39 is 0 Å². The van der Waals surface area contributed by atoms with Crippen LogP contribution in [0.1, 0.15) is 38.2 Å². The summed E-state index contributed by atoms with van der Waals surface area (Å²) < 4.78 is 0. The lowest BCUT2D eigenvalue weighted by molar-refractivity contribution is 0.00333. The quantitative estimate of drug-likeness (QED) is 0.827. The summed E-state index contributed by atoms with van der Waals surface area (Å²) in [5.41, 5.74) is 1.50. The normalized spacial score (nSPS) is 30.3. The number of piperazine rings is 1. The van der Waals surface area contributed by atoms with Crippen molar-refractivity contribution in [2.75, 3.05) is 19.6 Å². The van der Waals surface area contributed by atoms with Crippen molar-refractivity contribution in [3.05, 3.63) is 22.4 Å². The molecule has 0 spiro atoms. The molecule has 0 aliphatic carbocycles. The van der Waals surface area contributed by atoms with E-state index in [4.69, 9.17) is 0 Å². The van der Waals surface area contributed by atoms with Crippen molar-refractivity contribution < 1.29 is 0 Å². The van der Waals surface area contributed by atoms with Crippen LogP contribution >= 0.6 is 11.3 Å². The van der Waals surface area contributed by atoms with Gasteiger partial charge in [0.2, 0.25) is 0 Å². The Balaban J connectivity index is 1.68. The molecule has 0 radical (unpaired) electrons. The molecule has 2 aliphatic heterocycles. The van der Waals surface area contributed by atoms with Gasteiger partial charge in [0.25, 0.3) is 0 Å². The van der Waals surface area contributed by atoms with E-state index in [0.29, 0.717) is 0 Å². The smallest absolute Gasteiger partial charge is 0.0246 e. The van der Waals surface area contributed by atoms with E-state index in [2.05, 4.69) is 33.6 Å². The van der Waals surface area contributed by atoms with Crippen LogP contribution in [0, 0.1) is 0 Å². The van der Waals surface area contributed by atoms with E-state index in [0.717, 1.165) is 18.6 Å². The van der Waals surface area contributed by atoms with Gasteiger partial charge < -0.3 is 0 Å². The minimum atomic E-state index is 0.763. The van der Waals surface area contributed by atoms with Gasteiger partial charge in [-0.1, -0.05) is 13.3 Å². The molecule has 2 saturated heterocycles. The van der Waals surface area contributed by atoms with Crippen molar-refractivity contribution in [1.29, 1.82) is 0 Å². The van der Waals surface area contributed by atoms with Crippen molar-refractivity contribution in [2.24, 2.45) is 0 Å². The molecule has 100 valence electrons. The Morgan fingerprint density at radius 1 is 1.33 bits per heavy atom. The van der Waals surface area contributed by atoms with E-state index in [-0.39, 0.29) is 0 Å². The van der Waals surface area contributed by atoms with E-state index in [9.17, 15) is 0 Å². The van der Waals surface area contributed by atoms with E-state index in [1.54, 1.807) is 0 Å². The molecular weight excluding hydrogens is 240 g/mol. The monoisotopic (exact) mass is 264 g/mol. The van der Waals surface area contributed by atoms with Gasteiger partial charge in [-0.05, 0) is 48.2 Å². The number of nitrogens with zero attached hydrogens (tertiary/aromatic N) is 2. The maximum atomic E-state index is 2.75. The van der Waals surface area contributed by atoms with Crippen molar-refractivity contribution in [3.8, 4) is 0 Å². The summed E-state index contributed by atoms with van der Waals surface area (Å²) in [5, 5.41) is 4.51. The topological polar surface area (TPSA) is 6.48 Å². The highest BCUT2D eigenvalue weighted by Crippen LogP contribution is 2.26. The fourth-order valence-corrected chi connectivity index (χ4v) is 4.17. The standard InChI is InChI=1S/C15H24N2S/c1-2-14-10-16-7-4-3-5-15(16)11-17(14)9-13-6-8-18-12-13/h6,8,12,14-15H,2-5,7,9-11H2,1H3. The van der Waals surface area contributed by atoms with E-state index in [1.165, 1.54) is 50.9 Å². The molecule has 0 N–H and O–H groups in total. The van der Waals surface area contributed by atoms with Gasteiger partial charge >= 0.3 is 0 Å². The molecule has 2 unspecified atom stereocenters. The van der Waals surface area contributed by atoms with E-state index in [1.807, 2.05) is 11.3 Å². The lowest BCUT2D eigenvalue weighted by Gasteiger charge is -2.48. The number of hydrogen-bond donors (Lipinski definition) is 0. The minimum Gasteiger partial charge on any atom is -0.298 e. The van der Waals surface area contributed by atoms with Gasteiger partial charge in [0, 0.05) is 31.7 Å². The molecular formula is C15H24N2S. The Morgan fingerprint density at radius 2 is 2.28 bits per heavy atom. The minimum absolute atomic E-state index is 0.763. The first-order chi connectivity index (χ1) is 8.86. The molecule has 3 heteroatoms. The molecule has 2 aliphatic rings. The Labute approximate surface area is 115 Å². The van der Waals surface area contributed by atoms with Crippen LogP contribution in [0.5, 0.6) is 0 Å². The van der Waals surface area contributed by atoms with Gasteiger partial charge in [-0.15, -0.1) is 0 Å². The van der Waals surface area contributed by atoms with Gasteiger partial charge in [0.05, 0.1) is 0 Å². The first kappa shape index (κ1) is 12.6. The number of piperidine rings is 1. The molecule has 3 rings (SSSR count). The molecule has 0 aromatic carbocycles. The molecule has 1 aromatic heterocycles. The summed E-state index contributed by atoms with van der Waals surface area (Å²) in [6, 6.07) is 3.88. The number of rotatable bonds is 3. The fourth-order valence-electron chi connectivity index (χ4n) is 3.51. The number of thiophene rings is 1. The lowest BCUT2D eigenvalue weighted by atomic mass is 9.95. The molecule has 2 fully saturated rings. The van der Waals surface area contributed by atoms with Crippen molar-refractivity contribution in [1.82, 2.24) is 9.80 Å². The van der Waals surface area contributed by atoms with Crippen LogP contribution < -0.4 is 0 Å². The third kappa shape index (κ3) is 2.63. The largest absolute Gasteiger partial charge is 0.298 e. The maximum Gasteiger partial charge on any atom is 0.0246 e. The van der Waals surface area contributed by atoms with Crippen LogP contribution in [0.2, 0.25) is 0 Å².